The molecule has 0 aliphatic heterocycles. The molecule has 0 aliphatic carbocycles. The lowest BCUT2D eigenvalue weighted by Crippen LogP contribution is -2.17. The van der Waals surface area contributed by atoms with E-state index in [0.717, 1.165) is 42.4 Å². The van der Waals surface area contributed by atoms with E-state index in [1.807, 2.05) is 24.3 Å². The molecule has 2 heterocycles. The number of benzene rings is 1. The predicted octanol–water partition coefficient (Wildman–Crippen LogP) is 4.57. The smallest absolute Gasteiger partial charge is 0.225 e. The maximum absolute atomic E-state index is 4.70. The SMILES string of the molecule is Cc1cc(C)c(Nc2cc(-c3ccccn3)nc(NCCCN(C)C)n2)c(C)c1. The number of pyridine rings is 1. The number of hydrogen-bond donors (Lipinski definition) is 2. The first-order chi connectivity index (χ1) is 13.9. The van der Waals surface area contributed by atoms with E-state index in [4.69, 9.17) is 4.98 Å². The molecule has 1 aromatic carbocycles. The zero-order valence-electron chi connectivity index (χ0n) is 18.0. The largest absolute Gasteiger partial charge is 0.354 e. The number of nitrogens with zero attached hydrogens (tertiary/aromatic N) is 4. The van der Waals surface area contributed by atoms with E-state index in [0.29, 0.717) is 5.95 Å². The van der Waals surface area contributed by atoms with E-state index in [1.165, 1.54) is 16.7 Å². The van der Waals surface area contributed by atoms with Gasteiger partial charge in [-0.05, 0) is 71.1 Å². The maximum Gasteiger partial charge on any atom is 0.225 e. The summed E-state index contributed by atoms with van der Waals surface area (Å²) in [6, 6.07) is 12.1. The monoisotopic (exact) mass is 390 g/mol. The third-order valence-electron chi connectivity index (χ3n) is 4.65. The van der Waals surface area contributed by atoms with Crippen molar-refractivity contribution in [3.63, 3.8) is 0 Å². The van der Waals surface area contributed by atoms with Gasteiger partial charge in [-0.15, -0.1) is 0 Å². The van der Waals surface area contributed by atoms with Crippen molar-refractivity contribution in [2.45, 2.75) is 27.2 Å². The molecule has 0 amide bonds. The Hall–Kier alpha value is -2.99. The lowest BCUT2D eigenvalue weighted by atomic mass is 10.1. The van der Waals surface area contributed by atoms with Gasteiger partial charge in [-0.25, -0.2) is 4.98 Å². The van der Waals surface area contributed by atoms with E-state index in [2.05, 4.69) is 72.5 Å². The van der Waals surface area contributed by atoms with Crippen LogP contribution in [0.5, 0.6) is 0 Å². The highest BCUT2D eigenvalue weighted by atomic mass is 15.1. The van der Waals surface area contributed by atoms with E-state index in [-0.39, 0.29) is 0 Å². The molecule has 3 rings (SSSR count). The van der Waals surface area contributed by atoms with Crippen LogP contribution in [0.1, 0.15) is 23.1 Å². The Morgan fingerprint density at radius 3 is 2.34 bits per heavy atom. The molecule has 0 unspecified atom stereocenters. The molecule has 0 atom stereocenters. The minimum atomic E-state index is 0.608. The summed E-state index contributed by atoms with van der Waals surface area (Å²) in [5.74, 6) is 1.36. The number of nitrogens with one attached hydrogen (secondary N) is 2. The van der Waals surface area contributed by atoms with Crippen molar-refractivity contribution < 1.29 is 0 Å². The summed E-state index contributed by atoms with van der Waals surface area (Å²) >= 11 is 0. The number of aromatic nitrogens is 3. The first kappa shape index (κ1) is 20.7. The second-order valence-corrected chi connectivity index (χ2v) is 7.66. The van der Waals surface area contributed by atoms with Gasteiger partial charge in [-0.3, -0.25) is 4.98 Å². The van der Waals surface area contributed by atoms with Gasteiger partial charge in [-0.2, -0.15) is 4.98 Å². The summed E-state index contributed by atoms with van der Waals surface area (Å²) in [7, 11) is 4.15. The van der Waals surface area contributed by atoms with E-state index < -0.39 is 0 Å². The molecule has 2 aromatic heterocycles. The maximum atomic E-state index is 4.70. The predicted molar refractivity (Wildman–Crippen MR) is 121 cm³/mol. The summed E-state index contributed by atoms with van der Waals surface area (Å²) in [6.07, 6.45) is 2.80. The number of aryl methyl sites for hydroxylation is 3. The lowest BCUT2D eigenvalue weighted by Gasteiger charge is -2.15. The standard InChI is InChI=1S/C23H30N6/c1-16-13-17(2)22(18(3)14-16)27-21-15-20(19-9-6-7-10-24-19)26-23(28-21)25-11-8-12-29(4)5/h6-7,9-10,13-15H,8,11-12H2,1-5H3,(H2,25,26,27,28). The van der Waals surface area contributed by atoms with Crippen molar-refractivity contribution in [1.82, 2.24) is 19.9 Å². The Bertz CT molecular complexity index is 930. The second-order valence-electron chi connectivity index (χ2n) is 7.66. The topological polar surface area (TPSA) is 66.0 Å². The number of anilines is 3. The van der Waals surface area contributed by atoms with E-state index >= 15 is 0 Å². The summed E-state index contributed by atoms with van der Waals surface area (Å²) < 4.78 is 0. The Balaban J connectivity index is 1.90. The average molecular weight is 391 g/mol. The summed E-state index contributed by atoms with van der Waals surface area (Å²) in [4.78, 5) is 16.0. The van der Waals surface area contributed by atoms with Crippen molar-refractivity contribution in [1.29, 1.82) is 0 Å². The van der Waals surface area contributed by atoms with Gasteiger partial charge in [-0.1, -0.05) is 23.8 Å². The highest BCUT2D eigenvalue weighted by Crippen LogP contribution is 2.27. The second kappa shape index (κ2) is 9.47. The van der Waals surface area contributed by atoms with Crippen LogP contribution in [0.3, 0.4) is 0 Å². The molecule has 0 saturated carbocycles. The molecule has 2 N–H and O–H groups in total. The number of rotatable bonds is 8. The van der Waals surface area contributed by atoms with E-state index in [1.54, 1.807) is 6.20 Å². The molecule has 152 valence electrons. The van der Waals surface area contributed by atoms with Crippen LogP contribution < -0.4 is 10.6 Å². The molecule has 0 bridgehead atoms. The molecule has 6 heteroatoms. The summed E-state index contributed by atoms with van der Waals surface area (Å²) in [5, 5.41) is 6.86. The molecule has 0 aliphatic rings. The first-order valence-corrected chi connectivity index (χ1v) is 9.96. The fourth-order valence-electron chi connectivity index (χ4n) is 3.34. The van der Waals surface area contributed by atoms with Crippen molar-refractivity contribution >= 4 is 17.5 Å². The molecule has 0 saturated heterocycles. The summed E-state index contributed by atoms with van der Waals surface area (Å²) in [5.41, 5.74) is 6.35. The van der Waals surface area contributed by atoms with Crippen molar-refractivity contribution in [2.24, 2.45) is 0 Å². The molecule has 0 spiro atoms. The molecular weight excluding hydrogens is 360 g/mol. The highest BCUT2D eigenvalue weighted by molar-refractivity contribution is 5.69. The van der Waals surface area contributed by atoms with E-state index in [9.17, 15) is 0 Å². The molecule has 3 aromatic rings. The minimum absolute atomic E-state index is 0.608. The quantitative estimate of drug-likeness (QED) is 0.549. The van der Waals surface area contributed by atoms with Crippen LogP contribution in [0.2, 0.25) is 0 Å². The van der Waals surface area contributed by atoms with Gasteiger partial charge in [0.2, 0.25) is 5.95 Å². The highest BCUT2D eigenvalue weighted by Gasteiger charge is 2.10. The van der Waals surface area contributed by atoms with Gasteiger partial charge in [0.25, 0.3) is 0 Å². The van der Waals surface area contributed by atoms with Crippen LogP contribution in [0.15, 0.2) is 42.6 Å². The Morgan fingerprint density at radius 2 is 1.69 bits per heavy atom. The van der Waals surface area contributed by atoms with Crippen LogP contribution in [0.25, 0.3) is 11.4 Å². The van der Waals surface area contributed by atoms with Crippen LogP contribution in [-0.4, -0.2) is 47.0 Å². The van der Waals surface area contributed by atoms with Crippen molar-refractivity contribution in [3.05, 3.63) is 59.3 Å². The summed E-state index contributed by atoms with van der Waals surface area (Å²) in [6.45, 7) is 8.17. The van der Waals surface area contributed by atoms with Crippen LogP contribution >= 0.6 is 0 Å². The van der Waals surface area contributed by atoms with Gasteiger partial charge >= 0.3 is 0 Å². The Kier molecular flexibility index (Phi) is 6.77. The zero-order chi connectivity index (χ0) is 20.8. The van der Waals surface area contributed by atoms with Crippen LogP contribution in [0, 0.1) is 20.8 Å². The lowest BCUT2D eigenvalue weighted by molar-refractivity contribution is 0.405. The Labute approximate surface area is 173 Å². The molecule has 6 nitrogen and oxygen atoms in total. The van der Waals surface area contributed by atoms with Gasteiger partial charge in [0.05, 0.1) is 11.4 Å². The average Bonchev–Trinajstić information content (AvgIpc) is 2.68. The normalized spacial score (nSPS) is 11.0. The Morgan fingerprint density at radius 1 is 0.931 bits per heavy atom. The fourth-order valence-corrected chi connectivity index (χ4v) is 3.34. The molecule has 0 fully saturated rings. The molecular formula is C23H30N6. The van der Waals surface area contributed by atoms with Crippen molar-refractivity contribution in [3.8, 4) is 11.4 Å². The first-order valence-electron chi connectivity index (χ1n) is 9.96. The zero-order valence-corrected chi connectivity index (χ0v) is 18.0. The van der Waals surface area contributed by atoms with Gasteiger partial charge in [0.15, 0.2) is 0 Å². The van der Waals surface area contributed by atoms with Crippen LogP contribution in [-0.2, 0) is 0 Å². The third kappa shape index (κ3) is 5.74. The molecule has 0 radical (unpaired) electrons. The third-order valence-corrected chi connectivity index (χ3v) is 4.65. The molecule has 29 heavy (non-hydrogen) atoms. The van der Waals surface area contributed by atoms with Gasteiger partial charge in [0, 0.05) is 24.5 Å². The fraction of sp³-hybridized carbons (Fsp3) is 0.348. The van der Waals surface area contributed by atoms with Gasteiger partial charge < -0.3 is 15.5 Å². The van der Waals surface area contributed by atoms with Crippen LogP contribution in [0.4, 0.5) is 17.5 Å². The number of hydrogen-bond acceptors (Lipinski definition) is 6. The van der Waals surface area contributed by atoms with Gasteiger partial charge in [0.1, 0.15) is 5.82 Å². The minimum Gasteiger partial charge on any atom is -0.354 e. The van der Waals surface area contributed by atoms with Crippen molar-refractivity contribution in [2.75, 3.05) is 37.8 Å².